The molecule has 0 aromatic carbocycles. The molecule has 2 aliphatic rings. The van der Waals surface area contributed by atoms with E-state index >= 15 is 0 Å². The highest BCUT2D eigenvalue weighted by molar-refractivity contribution is 4.92. The fraction of sp³-hybridized carbons (Fsp3) is 1.00. The minimum absolute atomic E-state index is 0.455. The Kier molecular flexibility index (Phi) is 3.45. The fourth-order valence-electron chi connectivity index (χ4n) is 2.95. The van der Waals surface area contributed by atoms with Crippen LogP contribution in [0.15, 0.2) is 0 Å². The molecule has 2 saturated heterocycles. The van der Waals surface area contributed by atoms with Crippen LogP contribution in [0.3, 0.4) is 0 Å². The van der Waals surface area contributed by atoms with Crippen LogP contribution in [0, 0.1) is 5.92 Å². The lowest BCUT2D eigenvalue weighted by atomic mass is 9.79. The van der Waals surface area contributed by atoms with Gasteiger partial charge in [0.2, 0.25) is 0 Å². The Bertz CT molecular complexity index is 169. The molecule has 2 heterocycles. The van der Waals surface area contributed by atoms with Gasteiger partial charge in [-0.15, -0.1) is 0 Å². The summed E-state index contributed by atoms with van der Waals surface area (Å²) in [7, 11) is 0. The van der Waals surface area contributed by atoms with Crippen LogP contribution in [0.4, 0.5) is 0 Å². The van der Waals surface area contributed by atoms with Crippen LogP contribution in [0.5, 0.6) is 0 Å². The summed E-state index contributed by atoms with van der Waals surface area (Å²) >= 11 is 0. The van der Waals surface area contributed by atoms with Gasteiger partial charge in [0.1, 0.15) is 0 Å². The van der Waals surface area contributed by atoms with E-state index in [1.807, 2.05) is 0 Å². The predicted octanol–water partition coefficient (Wildman–Crippen LogP) is 2.34. The Balaban J connectivity index is 1.89. The zero-order valence-corrected chi connectivity index (χ0v) is 9.35. The molecule has 2 fully saturated rings. The van der Waals surface area contributed by atoms with Gasteiger partial charge in [0, 0.05) is 18.8 Å². The first-order valence-corrected chi connectivity index (χ1v) is 6.17. The molecule has 0 aliphatic carbocycles. The van der Waals surface area contributed by atoms with Crippen molar-refractivity contribution in [2.24, 2.45) is 5.92 Å². The lowest BCUT2D eigenvalue weighted by molar-refractivity contribution is 0.156. The van der Waals surface area contributed by atoms with Crippen molar-refractivity contribution in [3.8, 4) is 0 Å². The van der Waals surface area contributed by atoms with Crippen molar-refractivity contribution in [3.63, 3.8) is 0 Å². The second-order valence-electron chi connectivity index (χ2n) is 4.95. The van der Waals surface area contributed by atoms with Crippen molar-refractivity contribution in [3.05, 3.63) is 0 Å². The van der Waals surface area contributed by atoms with Crippen molar-refractivity contribution >= 4 is 0 Å². The fourth-order valence-corrected chi connectivity index (χ4v) is 2.95. The molecule has 0 amide bonds. The molecular weight excluding hydrogens is 174 g/mol. The van der Waals surface area contributed by atoms with Crippen LogP contribution in [-0.4, -0.2) is 25.3 Å². The molecule has 82 valence electrons. The molecule has 2 aliphatic heterocycles. The summed E-state index contributed by atoms with van der Waals surface area (Å²) in [6.45, 7) is 5.55. The minimum atomic E-state index is 0.455. The molecule has 2 heteroatoms. The smallest absolute Gasteiger partial charge is 0.0495 e. The topological polar surface area (TPSA) is 21.3 Å². The highest BCUT2D eigenvalue weighted by Crippen LogP contribution is 2.32. The maximum atomic E-state index is 5.46. The lowest BCUT2D eigenvalue weighted by Crippen LogP contribution is -2.49. The van der Waals surface area contributed by atoms with Gasteiger partial charge in [-0.25, -0.2) is 0 Å². The highest BCUT2D eigenvalue weighted by atomic mass is 16.5. The molecule has 2 nitrogen and oxygen atoms in total. The molecule has 0 aromatic rings. The maximum absolute atomic E-state index is 5.46. The van der Waals surface area contributed by atoms with E-state index in [1.165, 1.54) is 45.1 Å². The molecule has 2 rings (SSSR count). The summed E-state index contributed by atoms with van der Waals surface area (Å²) in [6.07, 6.45) is 8.05. The number of hydrogen-bond donors (Lipinski definition) is 1. The summed E-state index contributed by atoms with van der Waals surface area (Å²) in [5, 5.41) is 3.75. The Morgan fingerprint density at radius 3 is 2.93 bits per heavy atom. The number of hydrogen-bond acceptors (Lipinski definition) is 2. The Morgan fingerprint density at radius 2 is 2.36 bits per heavy atom. The van der Waals surface area contributed by atoms with E-state index in [0.29, 0.717) is 5.54 Å². The van der Waals surface area contributed by atoms with E-state index in [0.717, 1.165) is 19.1 Å². The van der Waals surface area contributed by atoms with Crippen molar-refractivity contribution in [2.75, 3.05) is 19.8 Å². The van der Waals surface area contributed by atoms with Crippen LogP contribution in [0.25, 0.3) is 0 Å². The summed E-state index contributed by atoms with van der Waals surface area (Å²) < 4.78 is 5.46. The van der Waals surface area contributed by atoms with Crippen molar-refractivity contribution in [2.45, 2.75) is 51.0 Å². The molecule has 0 aromatic heterocycles. The van der Waals surface area contributed by atoms with Crippen molar-refractivity contribution in [1.82, 2.24) is 5.32 Å². The maximum Gasteiger partial charge on any atom is 0.0495 e. The Hall–Kier alpha value is -0.0800. The number of ether oxygens (including phenoxy) is 1. The van der Waals surface area contributed by atoms with Crippen LogP contribution in [0.1, 0.15) is 45.4 Å². The minimum Gasteiger partial charge on any atom is -0.381 e. The monoisotopic (exact) mass is 197 g/mol. The van der Waals surface area contributed by atoms with Gasteiger partial charge in [0.15, 0.2) is 0 Å². The van der Waals surface area contributed by atoms with E-state index in [4.69, 9.17) is 4.74 Å². The average Bonchev–Trinajstić information content (AvgIpc) is 2.72. The highest BCUT2D eigenvalue weighted by Gasteiger charge is 2.33. The molecular formula is C12H23NO. The van der Waals surface area contributed by atoms with E-state index in [1.54, 1.807) is 0 Å². The zero-order chi connectivity index (χ0) is 9.86. The molecule has 1 N–H and O–H groups in total. The van der Waals surface area contributed by atoms with Gasteiger partial charge in [-0.05, 0) is 44.6 Å². The summed E-state index contributed by atoms with van der Waals surface area (Å²) in [4.78, 5) is 0. The van der Waals surface area contributed by atoms with Gasteiger partial charge in [-0.1, -0.05) is 13.3 Å². The van der Waals surface area contributed by atoms with Gasteiger partial charge in [0.25, 0.3) is 0 Å². The van der Waals surface area contributed by atoms with E-state index < -0.39 is 0 Å². The normalized spacial score (nSPS) is 38.8. The molecule has 0 saturated carbocycles. The van der Waals surface area contributed by atoms with E-state index in [-0.39, 0.29) is 0 Å². The average molecular weight is 197 g/mol. The summed E-state index contributed by atoms with van der Waals surface area (Å²) in [5.74, 6) is 0.820. The third-order valence-corrected chi connectivity index (χ3v) is 3.96. The zero-order valence-electron chi connectivity index (χ0n) is 9.35. The number of piperidine rings is 1. The predicted molar refractivity (Wildman–Crippen MR) is 58.4 cm³/mol. The van der Waals surface area contributed by atoms with Crippen molar-refractivity contribution < 1.29 is 4.74 Å². The van der Waals surface area contributed by atoms with Gasteiger partial charge in [0.05, 0.1) is 0 Å². The lowest BCUT2D eigenvalue weighted by Gasteiger charge is -2.39. The SMILES string of the molecule is CCC1(CC2CCOC2)CCCCN1. The number of nitrogens with one attached hydrogen (secondary N) is 1. The summed E-state index contributed by atoms with van der Waals surface area (Å²) in [5.41, 5.74) is 0.455. The van der Waals surface area contributed by atoms with Crippen LogP contribution < -0.4 is 5.32 Å². The van der Waals surface area contributed by atoms with Crippen LogP contribution in [0.2, 0.25) is 0 Å². The molecule has 2 unspecified atom stereocenters. The first kappa shape index (κ1) is 10.4. The van der Waals surface area contributed by atoms with Gasteiger partial charge in [-0.3, -0.25) is 0 Å². The molecule has 0 radical (unpaired) electrons. The van der Waals surface area contributed by atoms with E-state index in [9.17, 15) is 0 Å². The molecule has 2 atom stereocenters. The molecule has 14 heavy (non-hydrogen) atoms. The van der Waals surface area contributed by atoms with Crippen LogP contribution in [-0.2, 0) is 4.74 Å². The molecule has 0 bridgehead atoms. The van der Waals surface area contributed by atoms with Crippen LogP contribution >= 0.6 is 0 Å². The molecule has 0 spiro atoms. The third-order valence-electron chi connectivity index (χ3n) is 3.96. The number of rotatable bonds is 3. The van der Waals surface area contributed by atoms with E-state index in [2.05, 4.69) is 12.2 Å². The summed E-state index contributed by atoms with van der Waals surface area (Å²) in [6, 6.07) is 0. The van der Waals surface area contributed by atoms with Gasteiger partial charge >= 0.3 is 0 Å². The first-order chi connectivity index (χ1) is 6.85. The Labute approximate surface area is 87.4 Å². The second kappa shape index (κ2) is 4.63. The third kappa shape index (κ3) is 2.29. The first-order valence-electron chi connectivity index (χ1n) is 6.17. The quantitative estimate of drug-likeness (QED) is 0.750. The van der Waals surface area contributed by atoms with Gasteiger partial charge in [-0.2, -0.15) is 0 Å². The largest absolute Gasteiger partial charge is 0.381 e. The van der Waals surface area contributed by atoms with Gasteiger partial charge < -0.3 is 10.1 Å². The second-order valence-corrected chi connectivity index (χ2v) is 4.95. The standard InChI is InChI=1S/C12H23NO/c1-2-12(6-3-4-7-13-12)9-11-5-8-14-10-11/h11,13H,2-10H2,1H3. The van der Waals surface area contributed by atoms with Crippen molar-refractivity contribution in [1.29, 1.82) is 0 Å². The Morgan fingerprint density at radius 1 is 1.43 bits per heavy atom.